The molecule has 0 fully saturated rings. The zero-order valence-corrected chi connectivity index (χ0v) is 17.7. The van der Waals surface area contributed by atoms with Gasteiger partial charge in [-0.2, -0.15) is 13.2 Å². The van der Waals surface area contributed by atoms with Crippen LogP contribution in [-0.2, 0) is 20.8 Å². The van der Waals surface area contributed by atoms with Gasteiger partial charge in [0.25, 0.3) is 0 Å². The van der Waals surface area contributed by atoms with Crippen molar-refractivity contribution in [1.82, 2.24) is 0 Å². The van der Waals surface area contributed by atoms with Crippen LogP contribution in [0.4, 0.5) is 24.5 Å². The van der Waals surface area contributed by atoms with Gasteiger partial charge in [-0.05, 0) is 36.4 Å². The third-order valence-electron chi connectivity index (χ3n) is 4.74. The summed E-state index contributed by atoms with van der Waals surface area (Å²) in [5.74, 6) is 0.357. The molecule has 4 rings (SSSR count). The molecule has 0 saturated carbocycles. The van der Waals surface area contributed by atoms with Crippen LogP contribution in [0.1, 0.15) is 5.56 Å². The highest BCUT2D eigenvalue weighted by Gasteiger charge is 2.39. The Hall–Kier alpha value is -3.73. The Morgan fingerprint density at radius 2 is 1.67 bits per heavy atom. The number of ether oxygens (including phenoxy) is 2. The molecule has 11 heteroatoms. The molecule has 1 aliphatic heterocycles. The largest absolute Gasteiger partial charge is 0.454 e. The summed E-state index contributed by atoms with van der Waals surface area (Å²) in [6, 6.07) is 14.4. The minimum atomic E-state index is -4.93. The molecule has 0 saturated heterocycles. The number of nitrogens with one attached hydrogen (secondary N) is 2. The van der Waals surface area contributed by atoms with Crippen LogP contribution in [-0.4, -0.2) is 27.7 Å². The van der Waals surface area contributed by atoms with Crippen LogP contribution >= 0.6 is 0 Å². The van der Waals surface area contributed by atoms with Crippen molar-refractivity contribution >= 4 is 27.1 Å². The molecule has 33 heavy (non-hydrogen) atoms. The van der Waals surface area contributed by atoms with Gasteiger partial charge >= 0.3 is 6.18 Å². The monoisotopic (exact) mass is 478 g/mol. The van der Waals surface area contributed by atoms with E-state index < -0.39 is 38.9 Å². The zero-order valence-electron chi connectivity index (χ0n) is 16.8. The predicted molar refractivity (Wildman–Crippen MR) is 113 cm³/mol. The van der Waals surface area contributed by atoms with E-state index in [-0.39, 0.29) is 17.4 Å². The number of anilines is 2. The highest BCUT2D eigenvalue weighted by atomic mass is 32.2. The Bertz CT molecular complexity index is 1300. The number of carbonyl (C=O) groups is 1. The van der Waals surface area contributed by atoms with Gasteiger partial charge in [-0.15, -0.1) is 0 Å². The second-order valence-electron chi connectivity index (χ2n) is 6.97. The number of alkyl halides is 3. The average Bonchev–Trinajstić information content (AvgIpc) is 3.25. The standard InChI is InChI=1S/C22H17F3N2O5S/c23-22(24,25)16-7-4-8-17(21(16)33(29,30)15-5-2-1-3-6-15)26-12-20(28)27-14-9-10-18-19(11-14)32-13-31-18/h1-11,26H,12-13H2,(H,27,28). The summed E-state index contributed by atoms with van der Waals surface area (Å²) >= 11 is 0. The number of carbonyl (C=O) groups excluding carboxylic acids is 1. The maximum absolute atomic E-state index is 13.7. The third-order valence-corrected chi connectivity index (χ3v) is 6.61. The highest BCUT2D eigenvalue weighted by Crippen LogP contribution is 2.40. The van der Waals surface area contributed by atoms with E-state index >= 15 is 0 Å². The maximum atomic E-state index is 13.7. The van der Waals surface area contributed by atoms with E-state index in [1.54, 1.807) is 18.2 Å². The van der Waals surface area contributed by atoms with Gasteiger partial charge in [0.05, 0.1) is 22.7 Å². The first kappa shape index (κ1) is 22.5. The molecule has 0 aliphatic carbocycles. The first-order valence-corrected chi connectivity index (χ1v) is 11.1. The Morgan fingerprint density at radius 3 is 2.39 bits per heavy atom. The molecule has 1 heterocycles. The molecule has 172 valence electrons. The average molecular weight is 478 g/mol. The van der Waals surface area contributed by atoms with Crippen LogP contribution in [0.3, 0.4) is 0 Å². The molecule has 1 amide bonds. The van der Waals surface area contributed by atoms with Crippen LogP contribution in [0.5, 0.6) is 11.5 Å². The number of sulfone groups is 1. The normalized spacial score (nSPS) is 12.9. The van der Waals surface area contributed by atoms with Crippen LogP contribution in [0.2, 0.25) is 0 Å². The molecule has 0 unspecified atom stereocenters. The molecule has 0 spiro atoms. The summed E-state index contributed by atoms with van der Waals surface area (Å²) in [5.41, 5.74) is -1.28. The minimum absolute atomic E-state index is 0.0580. The van der Waals surface area contributed by atoms with E-state index in [2.05, 4.69) is 10.6 Å². The molecule has 7 nitrogen and oxygen atoms in total. The quantitative estimate of drug-likeness (QED) is 0.548. The van der Waals surface area contributed by atoms with Crippen molar-refractivity contribution in [3.63, 3.8) is 0 Å². The van der Waals surface area contributed by atoms with Crippen molar-refractivity contribution in [3.8, 4) is 11.5 Å². The van der Waals surface area contributed by atoms with Gasteiger partial charge in [-0.1, -0.05) is 24.3 Å². The third kappa shape index (κ3) is 4.72. The van der Waals surface area contributed by atoms with E-state index in [4.69, 9.17) is 9.47 Å². The first-order valence-electron chi connectivity index (χ1n) is 9.60. The van der Waals surface area contributed by atoms with Gasteiger partial charge in [0.1, 0.15) is 4.90 Å². The number of amides is 1. The van der Waals surface area contributed by atoms with Crippen LogP contribution in [0.15, 0.2) is 76.5 Å². The molecular formula is C22H17F3N2O5S. The second kappa shape index (κ2) is 8.66. The molecule has 0 atom stereocenters. The van der Waals surface area contributed by atoms with E-state index in [1.165, 1.54) is 36.4 Å². The number of fused-ring (bicyclic) bond motifs is 1. The van der Waals surface area contributed by atoms with Gasteiger partial charge in [-0.3, -0.25) is 4.79 Å². The predicted octanol–water partition coefficient (Wildman–Crippen LogP) is 4.32. The van der Waals surface area contributed by atoms with Crippen LogP contribution in [0, 0.1) is 0 Å². The van der Waals surface area contributed by atoms with Crippen molar-refractivity contribution in [1.29, 1.82) is 0 Å². The molecule has 1 aliphatic rings. The van der Waals surface area contributed by atoms with Crippen LogP contribution < -0.4 is 20.1 Å². The number of hydrogen-bond donors (Lipinski definition) is 2. The summed E-state index contributed by atoms with van der Waals surface area (Å²) in [6.45, 7) is -0.421. The summed E-state index contributed by atoms with van der Waals surface area (Å²) in [6.07, 6.45) is -4.93. The van der Waals surface area contributed by atoms with E-state index in [9.17, 15) is 26.4 Å². The maximum Gasteiger partial charge on any atom is 0.417 e. The topological polar surface area (TPSA) is 93.7 Å². The van der Waals surface area contributed by atoms with Crippen molar-refractivity contribution in [2.45, 2.75) is 16.0 Å². The lowest BCUT2D eigenvalue weighted by Gasteiger charge is -2.18. The van der Waals surface area contributed by atoms with Crippen molar-refractivity contribution in [2.24, 2.45) is 0 Å². The lowest BCUT2D eigenvalue weighted by atomic mass is 10.2. The number of rotatable bonds is 6. The smallest absolute Gasteiger partial charge is 0.417 e. The fourth-order valence-corrected chi connectivity index (χ4v) is 4.92. The first-order chi connectivity index (χ1) is 15.7. The molecule has 0 radical (unpaired) electrons. The SMILES string of the molecule is O=C(CNc1cccc(C(F)(F)F)c1S(=O)(=O)c1ccccc1)Nc1ccc2c(c1)OCO2. The molecule has 0 aromatic heterocycles. The van der Waals surface area contributed by atoms with Crippen LogP contribution in [0.25, 0.3) is 0 Å². The Balaban J connectivity index is 1.61. The Kier molecular flexibility index (Phi) is 5.90. The Morgan fingerprint density at radius 1 is 0.939 bits per heavy atom. The van der Waals surface area contributed by atoms with E-state index in [1.807, 2.05) is 0 Å². The van der Waals surface area contributed by atoms with Crippen molar-refractivity contribution in [3.05, 3.63) is 72.3 Å². The molecule has 0 bridgehead atoms. The van der Waals surface area contributed by atoms with Gasteiger partial charge in [0.15, 0.2) is 11.5 Å². The number of halogens is 3. The van der Waals surface area contributed by atoms with Gasteiger partial charge in [0.2, 0.25) is 22.5 Å². The molecule has 3 aromatic carbocycles. The van der Waals surface area contributed by atoms with Crippen molar-refractivity contribution < 1.29 is 35.9 Å². The van der Waals surface area contributed by atoms with Gasteiger partial charge in [0, 0.05) is 11.8 Å². The van der Waals surface area contributed by atoms with Gasteiger partial charge in [-0.25, -0.2) is 8.42 Å². The van der Waals surface area contributed by atoms with Gasteiger partial charge < -0.3 is 20.1 Å². The summed E-state index contributed by atoms with van der Waals surface area (Å²) in [4.78, 5) is 11.1. The fraction of sp³-hybridized carbons (Fsp3) is 0.136. The van der Waals surface area contributed by atoms with E-state index in [0.717, 1.165) is 6.07 Å². The molecule has 3 aromatic rings. The Labute approximate surface area is 187 Å². The van der Waals surface area contributed by atoms with Crippen molar-refractivity contribution in [2.75, 3.05) is 24.0 Å². The summed E-state index contributed by atoms with van der Waals surface area (Å²) in [5, 5.41) is 5.09. The van der Waals surface area contributed by atoms with E-state index in [0.29, 0.717) is 23.3 Å². The zero-order chi connectivity index (χ0) is 23.6. The minimum Gasteiger partial charge on any atom is -0.454 e. The lowest BCUT2D eigenvalue weighted by Crippen LogP contribution is -2.23. The molecular weight excluding hydrogens is 461 g/mol. The molecule has 2 N–H and O–H groups in total. The lowest BCUT2D eigenvalue weighted by molar-refractivity contribution is -0.139. The second-order valence-corrected chi connectivity index (χ2v) is 8.85. The number of hydrogen-bond acceptors (Lipinski definition) is 6. The summed E-state index contributed by atoms with van der Waals surface area (Å²) in [7, 11) is -4.54. The fourth-order valence-electron chi connectivity index (χ4n) is 3.26. The summed E-state index contributed by atoms with van der Waals surface area (Å²) < 4.78 is 77.6. The number of benzene rings is 3. The highest BCUT2D eigenvalue weighted by molar-refractivity contribution is 7.91.